The molecule has 0 saturated heterocycles. The maximum Gasteiger partial charge on any atom is 0.233 e. The quantitative estimate of drug-likeness (QED) is 0.352. The topological polar surface area (TPSA) is 69.3 Å². The summed E-state index contributed by atoms with van der Waals surface area (Å²) in [4.78, 5) is 11.0. The lowest BCUT2D eigenvalue weighted by molar-refractivity contribution is -0.121. The highest BCUT2D eigenvalue weighted by Crippen LogP contribution is 2.22. The number of nitrogens with one attached hydrogen (secondary N) is 1. The van der Waals surface area contributed by atoms with Crippen LogP contribution in [-0.4, -0.2) is 17.6 Å². The lowest BCUT2D eigenvalue weighted by atomic mass is 10.2. The van der Waals surface area contributed by atoms with Crippen LogP contribution in [0, 0.1) is 0 Å². The third-order valence-electron chi connectivity index (χ3n) is 3.44. The standard InChI is InChI=1S/C15H21N3O2/c1-20-13-6-7-14-12(11-13)8-10-18(14)9-4-2-3-5-15(19)17-16/h6-8,10-11H,2-5,9,16H2,1H3,(H,17,19). The maximum absolute atomic E-state index is 11.0. The van der Waals surface area contributed by atoms with E-state index in [9.17, 15) is 4.79 Å². The summed E-state index contributed by atoms with van der Waals surface area (Å²) in [5.41, 5.74) is 3.36. The van der Waals surface area contributed by atoms with Gasteiger partial charge in [0.1, 0.15) is 5.75 Å². The molecule has 0 saturated carbocycles. The van der Waals surface area contributed by atoms with E-state index >= 15 is 0 Å². The predicted molar refractivity (Wildman–Crippen MR) is 79.3 cm³/mol. The van der Waals surface area contributed by atoms with E-state index in [1.807, 2.05) is 12.1 Å². The number of nitrogens with zero attached hydrogens (tertiary/aromatic N) is 1. The average Bonchev–Trinajstić information content (AvgIpc) is 2.88. The molecule has 1 aromatic heterocycles. The van der Waals surface area contributed by atoms with Gasteiger partial charge in [0.15, 0.2) is 0 Å². The van der Waals surface area contributed by atoms with Gasteiger partial charge in [0, 0.05) is 30.1 Å². The minimum atomic E-state index is -0.0940. The third-order valence-corrected chi connectivity index (χ3v) is 3.44. The highest BCUT2D eigenvalue weighted by atomic mass is 16.5. The van der Waals surface area contributed by atoms with E-state index in [0.717, 1.165) is 31.6 Å². The van der Waals surface area contributed by atoms with Crippen molar-refractivity contribution in [3.63, 3.8) is 0 Å². The molecule has 1 heterocycles. The van der Waals surface area contributed by atoms with E-state index in [2.05, 4.69) is 28.3 Å². The van der Waals surface area contributed by atoms with Crippen LogP contribution >= 0.6 is 0 Å². The van der Waals surface area contributed by atoms with Crippen LogP contribution in [-0.2, 0) is 11.3 Å². The SMILES string of the molecule is COc1ccc2c(ccn2CCCCCC(=O)NN)c1. The van der Waals surface area contributed by atoms with Crippen molar-refractivity contribution in [2.45, 2.75) is 32.2 Å². The number of benzene rings is 1. The van der Waals surface area contributed by atoms with Crippen molar-refractivity contribution >= 4 is 16.8 Å². The molecule has 20 heavy (non-hydrogen) atoms. The summed E-state index contributed by atoms with van der Waals surface area (Å²) in [7, 11) is 1.68. The molecule has 0 bridgehead atoms. The summed E-state index contributed by atoms with van der Waals surface area (Å²) in [5, 5.41) is 1.19. The van der Waals surface area contributed by atoms with Crippen LogP contribution < -0.4 is 16.0 Å². The molecule has 0 radical (unpaired) electrons. The first-order valence-electron chi connectivity index (χ1n) is 6.87. The fourth-order valence-corrected chi connectivity index (χ4v) is 2.32. The molecule has 3 N–H and O–H groups in total. The molecule has 0 aliphatic heterocycles. The van der Waals surface area contributed by atoms with Gasteiger partial charge in [0.2, 0.25) is 5.91 Å². The van der Waals surface area contributed by atoms with E-state index < -0.39 is 0 Å². The highest BCUT2D eigenvalue weighted by molar-refractivity contribution is 5.81. The zero-order valence-electron chi connectivity index (χ0n) is 11.8. The average molecular weight is 275 g/mol. The Hall–Kier alpha value is -2.01. The zero-order valence-corrected chi connectivity index (χ0v) is 11.8. The van der Waals surface area contributed by atoms with Crippen molar-refractivity contribution in [2.75, 3.05) is 7.11 Å². The van der Waals surface area contributed by atoms with Gasteiger partial charge in [-0.1, -0.05) is 6.42 Å². The summed E-state index contributed by atoms with van der Waals surface area (Å²) in [6.07, 6.45) is 5.53. The number of amides is 1. The smallest absolute Gasteiger partial charge is 0.233 e. The van der Waals surface area contributed by atoms with Crippen molar-refractivity contribution in [2.24, 2.45) is 5.84 Å². The fraction of sp³-hybridized carbons (Fsp3) is 0.400. The predicted octanol–water partition coefficient (Wildman–Crippen LogP) is 2.20. The van der Waals surface area contributed by atoms with E-state index in [0.29, 0.717) is 6.42 Å². The van der Waals surface area contributed by atoms with Crippen molar-refractivity contribution in [1.82, 2.24) is 9.99 Å². The molecule has 0 atom stereocenters. The Balaban J connectivity index is 1.86. The van der Waals surface area contributed by atoms with Crippen LogP contribution in [0.1, 0.15) is 25.7 Å². The summed E-state index contributed by atoms with van der Waals surface area (Å²) in [6, 6.07) is 8.19. The van der Waals surface area contributed by atoms with Crippen molar-refractivity contribution in [3.8, 4) is 5.75 Å². The second-order valence-corrected chi connectivity index (χ2v) is 4.81. The Labute approximate surface area is 118 Å². The summed E-state index contributed by atoms with van der Waals surface area (Å²) in [6.45, 7) is 0.958. The van der Waals surface area contributed by atoms with E-state index in [4.69, 9.17) is 10.6 Å². The van der Waals surface area contributed by atoms with E-state index in [1.54, 1.807) is 7.11 Å². The fourth-order valence-electron chi connectivity index (χ4n) is 2.32. The molecule has 108 valence electrons. The molecule has 2 rings (SSSR count). The van der Waals surface area contributed by atoms with Gasteiger partial charge in [0.05, 0.1) is 7.11 Å². The monoisotopic (exact) mass is 275 g/mol. The van der Waals surface area contributed by atoms with Gasteiger partial charge >= 0.3 is 0 Å². The number of methoxy groups -OCH3 is 1. The molecule has 0 aliphatic rings. The van der Waals surface area contributed by atoms with Crippen LogP contribution in [0.5, 0.6) is 5.75 Å². The molecule has 0 aliphatic carbocycles. The largest absolute Gasteiger partial charge is 0.497 e. The molecule has 5 heteroatoms. The van der Waals surface area contributed by atoms with Crippen molar-refractivity contribution in [3.05, 3.63) is 30.5 Å². The van der Waals surface area contributed by atoms with Gasteiger partial charge in [-0.3, -0.25) is 10.2 Å². The Morgan fingerprint density at radius 3 is 2.90 bits per heavy atom. The number of hydrogen-bond donors (Lipinski definition) is 2. The van der Waals surface area contributed by atoms with Crippen LogP contribution in [0.25, 0.3) is 10.9 Å². The molecule has 0 unspecified atom stereocenters. The molecule has 2 aromatic rings. The van der Waals surface area contributed by atoms with Crippen LogP contribution in [0.4, 0.5) is 0 Å². The van der Waals surface area contributed by atoms with Crippen molar-refractivity contribution < 1.29 is 9.53 Å². The number of nitrogens with two attached hydrogens (primary N) is 1. The van der Waals surface area contributed by atoms with Gasteiger partial charge in [-0.25, -0.2) is 5.84 Å². The number of aromatic nitrogens is 1. The van der Waals surface area contributed by atoms with Crippen LogP contribution in [0.2, 0.25) is 0 Å². The second kappa shape index (κ2) is 6.96. The number of ether oxygens (including phenoxy) is 1. The Morgan fingerprint density at radius 2 is 2.15 bits per heavy atom. The van der Waals surface area contributed by atoms with Gasteiger partial charge in [0.25, 0.3) is 0 Å². The first-order valence-corrected chi connectivity index (χ1v) is 6.87. The number of aryl methyl sites for hydroxylation is 1. The van der Waals surface area contributed by atoms with E-state index in [1.165, 1.54) is 10.9 Å². The first kappa shape index (κ1) is 14.4. The molecule has 0 fully saturated rings. The Morgan fingerprint density at radius 1 is 1.30 bits per heavy atom. The van der Waals surface area contributed by atoms with Gasteiger partial charge in [-0.2, -0.15) is 0 Å². The number of carbonyl (C=O) groups is 1. The zero-order chi connectivity index (χ0) is 14.4. The lowest BCUT2D eigenvalue weighted by Crippen LogP contribution is -2.29. The van der Waals surface area contributed by atoms with Crippen LogP contribution in [0.3, 0.4) is 0 Å². The number of fused-ring (bicyclic) bond motifs is 1. The first-order chi connectivity index (χ1) is 9.74. The number of carbonyl (C=O) groups excluding carboxylic acids is 1. The minimum absolute atomic E-state index is 0.0940. The highest BCUT2D eigenvalue weighted by Gasteiger charge is 2.03. The Bertz CT molecular complexity index is 578. The summed E-state index contributed by atoms with van der Waals surface area (Å²) >= 11 is 0. The number of hydrazine groups is 1. The minimum Gasteiger partial charge on any atom is -0.497 e. The van der Waals surface area contributed by atoms with E-state index in [-0.39, 0.29) is 5.91 Å². The lowest BCUT2D eigenvalue weighted by Gasteiger charge is -2.06. The van der Waals surface area contributed by atoms with Crippen molar-refractivity contribution in [1.29, 1.82) is 0 Å². The van der Waals surface area contributed by atoms with Gasteiger partial charge in [-0.15, -0.1) is 0 Å². The number of unbranched alkanes of at least 4 members (excludes halogenated alkanes) is 2. The molecule has 0 spiro atoms. The second-order valence-electron chi connectivity index (χ2n) is 4.81. The number of hydrogen-bond acceptors (Lipinski definition) is 3. The molecule has 1 amide bonds. The number of rotatable bonds is 7. The van der Waals surface area contributed by atoms with Crippen LogP contribution in [0.15, 0.2) is 30.5 Å². The maximum atomic E-state index is 11.0. The normalized spacial score (nSPS) is 10.7. The molecular weight excluding hydrogens is 254 g/mol. The van der Waals surface area contributed by atoms with Gasteiger partial charge in [-0.05, 0) is 37.1 Å². The van der Waals surface area contributed by atoms with Gasteiger partial charge < -0.3 is 9.30 Å². The summed E-state index contributed by atoms with van der Waals surface area (Å²) in [5.74, 6) is 5.82. The summed E-state index contributed by atoms with van der Waals surface area (Å²) < 4.78 is 7.45. The third kappa shape index (κ3) is 3.51. The molecule has 1 aromatic carbocycles. The Kier molecular flexibility index (Phi) is 5.01. The molecular formula is C15H21N3O2. The molecule has 5 nitrogen and oxygen atoms in total.